The van der Waals surface area contributed by atoms with Crippen molar-refractivity contribution >= 4 is 5.97 Å². The van der Waals surface area contributed by atoms with Gasteiger partial charge in [0.05, 0.1) is 6.61 Å². The number of unbranched alkanes of at least 4 members (excludes halogenated alkanes) is 43. The molecule has 0 fully saturated rings. The second-order valence-corrected chi connectivity index (χ2v) is 20.1. The Labute approximate surface area is 386 Å². The largest absolute Gasteiger partial charge is 0.466 e. The van der Waals surface area contributed by atoms with Crippen molar-refractivity contribution in [1.29, 1.82) is 0 Å². The van der Waals surface area contributed by atoms with E-state index in [1.807, 2.05) is 0 Å². The van der Waals surface area contributed by atoms with Gasteiger partial charge in [-0.1, -0.05) is 308 Å². The number of allylic oxidation sites excluding steroid dienone is 4. The zero-order valence-corrected chi connectivity index (χ0v) is 42.6. The van der Waals surface area contributed by atoms with Crippen molar-refractivity contribution in [3.05, 3.63) is 24.3 Å². The Morgan fingerprint density at radius 3 is 0.951 bits per heavy atom. The molecule has 0 aromatic heterocycles. The number of carbonyl (C=O) groups excluding carboxylic acids is 1. The minimum Gasteiger partial charge on any atom is -0.466 e. The molecule has 0 aliphatic rings. The maximum absolute atomic E-state index is 12.0. The van der Waals surface area contributed by atoms with Gasteiger partial charge in [-0.05, 0) is 50.9 Å². The molecular weight excluding hydrogens is 741 g/mol. The minimum absolute atomic E-state index is 0.0159. The standard InChI is InChI=1S/C59H114O2/c1-4-5-6-7-8-9-10-11-34-38-41-44-47-50-53-56-59(60)61-57-54-51-48-45-42-39-36-33-31-29-27-25-23-21-19-17-15-13-12-14-16-18-20-22-24-26-28-30-32-35-37-40-43-46-49-52-55-58(2)3/h8-9,11,34,58H,4-7,10,12-33,35-57H2,1-3H3/b9-8-,34-11-. The first-order valence-corrected chi connectivity index (χ1v) is 28.6. The van der Waals surface area contributed by atoms with Crippen LogP contribution in [0.4, 0.5) is 0 Å². The second-order valence-electron chi connectivity index (χ2n) is 20.1. The zero-order chi connectivity index (χ0) is 44.0. The Morgan fingerprint density at radius 2 is 0.623 bits per heavy atom. The maximum atomic E-state index is 12.0. The van der Waals surface area contributed by atoms with Crippen molar-refractivity contribution in [3.63, 3.8) is 0 Å². The topological polar surface area (TPSA) is 26.3 Å². The molecule has 0 aliphatic heterocycles. The van der Waals surface area contributed by atoms with Gasteiger partial charge in [0.15, 0.2) is 0 Å². The highest BCUT2D eigenvalue weighted by molar-refractivity contribution is 5.69. The van der Waals surface area contributed by atoms with Gasteiger partial charge in [-0.2, -0.15) is 0 Å². The lowest BCUT2D eigenvalue weighted by atomic mass is 10.0. The van der Waals surface area contributed by atoms with Crippen molar-refractivity contribution in [1.82, 2.24) is 0 Å². The van der Waals surface area contributed by atoms with Crippen molar-refractivity contribution in [3.8, 4) is 0 Å². The summed E-state index contributed by atoms with van der Waals surface area (Å²) < 4.78 is 5.48. The van der Waals surface area contributed by atoms with Gasteiger partial charge < -0.3 is 4.74 Å². The number of esters is 1. The summed E-state index contributed by atoms with van der Waals surface area (Å²) >= 11 is 0. The summed E-state index contributed by atoms with van der Waals surface area (Å²) in [5, 5.41) is 0. The molecule has 0 aromatic rings. The lowest BCUT2D eigenvalue weighted by Gasteiger charge is -2.06. The van der Waals surface area contributed by atoms with Crippen LogP contribution in [0.3, 0.4) is 0 Å². The molecule has 2 heteroatoms. The average molecular weight is 856 g/mol. The first-order chi connectivity index (χ1) is 30.2. The normalized spacial score (nSPS) is 11.9. The highest BCUT2D eigenvalue weighted by Gasteiger charge is 2.03. The maximum Gasteiger partial charge on any atom is 0.305 e. The fourth-order valence-corrected chi connectivity index (χ4v) is 9.00. The summed E-state index contributed by atoms with van der Waals surface area (Å²) in [5.74, 6) is 0.906. The van der Waals surface area contributed by atoms with E-state index in [1.54, 1.807) is 0 Å². The molecule has 0 radical (unpaired) electrons. The first kappa shape index (κ1) is 60.0. The summed E-state index contributed by atoms with van der Waals surface area (Å²) in [6, 6.07) is 0. The molecule has 0 aliphatic carbocycles. The lowest BCUT2D eigenvalue weighted by molar-refractivity contribution is -0.143. The summed E-state index contributed by atoms with van der Waals surface area (Å²) in [6.45, 7) is 7.58. The molecule has 0 unspecified atom stereocenters. The van der Waals surface area contributed by atoms with E-state index in [9.17, 15) is 4.79 Å². The van der Waals surface area contributed by atoms with Gasteiger partial charge in [0, 0.05) is 6.42 Å². The van der Waals surface area contributed by atoms with Crippen LogP contribution < -0.4 is 0 Å². The van der Waals surface area contributed by atoms with Crippen LogP contribution in [0.5, 0.6) is 0 Å². The molecule has 0 saturated carbocycles. The van der Waals surface area contributed by atoms with E-state index in [4.69, 9.17) is 4.74 Å². The third-order valence-electron chi connectivity index (χ3n) is 13.3. The van der Waals surface area contributed by atoms with Gasteiger partial charge in [-0.15, -0.1) is 0 Å². The van der Waals surface area contributed by atoms with E-state index in [-0.39, 0.29) is 5.97 Å². The van der Waals surface area contributed by atoms with E-state index < -0.39 is 0 Å². The minimum atomic E-state index is 0.0159. The Morgan fingerprint density at radius 1 is 0.344 bits per heavy atom. The van der Waals surface area contributed by atoms with E-state index in [2.05, 4.69) is 45.1 Å². The molecule has 0 rings (SSSR count). The molecule has 362 valence electrons. The van der Waals surface area contributed by atoms with Crippen molar-refractivity contribution in [2.45, 2.75) is 335 Å². The monoisotopic (exact) mass is 855 g/mol. The fourth-order valence-electron chi connectivity index (χ4n) is 9.00. The molecule has 0 aromatic carbocycles. The molecular formula is C59H114O2. The van der Waals surface area contributed by atoms with Gasteiger partial charge in [-0.3, -0.25) is 4.79 Å². The third-order valence-corrected chi connectivity index (χ3v) is 13.3. The van der Waals surface area contributed by atoms with E-state index in [0.717, 1.165) is 31.6 Å². The van der Waals surface area contributed by atoms with Gasteiger partial charge >= 0.3 is 5.97 Å². The molecule has 0 spiro atoms. The molecule has 0 heterocycles. The van der Waals surface area contributed by atoms with Crippen LogP contribution in [0.1, 0.15) is 335 Å². The van der Waals surface area contributed by atoms with Crippen LogP contribution in [-0.2, 0) is 9.53 Å². The summed E-state index contributed by atoms with van der Waals surface area (Å²) in [5.41, 5.74) is 0. The second kappa shape index (κ2) is 55.1. The fraction of sp³-hybridized carbons (Fsp3) is 0.915. The number of ether oxygens (including phenoxy) is 1. The van der Waals surface area contributed by atoms with Crippen LogP contribution >= 0.6 is 0 Å². The molecule has 0 saturated heterocycles. The van der Waals surface area contributed by atoms with Gasteiger partial charge in [0.25, 0.3) is 0 Å². The van der Waals surface area contributed by atoms with Crippen LogP contribution in [0.25, 0.3) is 0 Å². The zero-order valence-electron chi connectivity index (χ0n) is 42.6. The van der Waals surface area contributed by atoms with Crippen molar-refractivity contribution in [2.24, 2.45) is 5.92 Å². The number of rotatable bonds is 53. The van der Waals surface area contributed by atoms with Crippen LogP contribution in [0, 0.1) is 5.92 Å². The predicted molar refractivity (Wildman–Crippen MR) is 276 cm³/mol. The van der Waals surface area contributed by atoms with Crippen LogP contribution in [0.15, 0.2) is 24.3 Å². The Kier molecular flexibility index (Phi) is 54.1. The number of hydrogen-bond donors (Lipinski definition) is 0. The SMILES string of the molecule is CCCCC/C=C\C/C=C\CCCCCCCC(=O)OCCCCCCCCCCCCCCCCCCCCCCCCCCCCCCCCCCCCCCC(C)C. The third kappa shape index (κ3) is 56.9. The Bertz CT molecular complexity index is 857. The van der Waals surface area contributed by atoms with Crippen molar-refractivity contribution in [2.75, 3.05) is 6.61 Å². The molecule has 0 atom stereocenters. The summed E-state index contributed by atoms with van der Waals surface area (Å²) in [6.07, 6.45) is 76.5. The number of hydrogen-bond acceptors (Lipinski definition) is 2. The van der Waals surface area contributed by atoms with E-state index >= 15 is 0 Å². The molecule has 61 heavy (non-hydrogen) atoms. The Hall–Kier alpha value is -1.05. The van der Waals surface area contributed by atoms with Crippen molar-refractivity contribution < 1.29 is 9.53 Å². The highest BCUT2D eigenvalue weighted by atomic mass is 16.5. The molecule has 0 bridgehead atoms. The first-order valence-electron chi connectivity index (χ1n) is 28.6. The van der Waals surface area contributed by atoms with Gasteiger partial charge in [-0.25, -0.2) is 0 Å². The van der Waals surface area contributed by atoms with Crippen LogP contribution in [0.2, 0.25) is 0 Å². The molecule has 0 N–H and O–H groups in total. The predicted octanol–water partition coefficient (Wildman–Crippen LogP) is 21.4. The van der Waals surface area contributed by atoms with Crippen LogP contribution in [-0.4, -0.2) is 12.6 Å². The quantitative estimate of drug-likeness (QED) is 0.0346. The van der Waals surface area contributed by atoms with Gasteiger partial charge in [0.1, 0.15) is 0 Å². The number of carbonyl (C=O) groups is 1. The van der Waals surface area contributed by atoms with Gasteiger partial charge in [0.2, 0.25) is 0 Å². The highest BCUT2D eigenvalue weighted by Crippen LogP contribution is 2.18. The summed E-state index contributed by atoms with van der Waals surface area (Å²) in [7, 11) is 0. The van der Waals surface area contributed by atoms with E-state index in [1.165, 1.54) is 283 Å². The average Bonchev–Trinajstić information content (AvgIpc) is 3.25. The smallest absolute Gasteiger partial charge is 0.305 e. The molecule has 0 amide bonds. The Balaban J connectivity index is 3.15. The lowest BCUT2D eigenvalue weighted by Crippen LogP contribution is -2.05. The molecule has 2 nitrogen and oxygen atoms in total. The van der Waals surface area contributed by atoms with E-state index in [0.29, 0.717) is 13.0 Å². The summed E-state index contributed by atoms with van der Waals surface area (Å²) in [4.78, 5) is 12.0.